The molecule has 0 bridgehead atoms. The Labute approximate surface area is 103 Å². The molecule has 0 fully saturated rings. The third-order valence-electron chi connectivity index (χ3n) is 1.60. The van der Waals surface area contributed by atoms with Gasteiger partial charge >= 0.3 is 0 Å². The first-order valence-corrected chi connectivity index (χ1v) is 6.37. The van der Waals surface area contributed by atoms with Gasteiger partial charge in [-0.25, -0.2) is 4.98 Å². The number of amides is 1. The van der Waals surface area contributed by atoms with Crippen LogP contribution in [0.2, 0.25) is 0 Å². The average molecular weight is 297 g/mol. The summed E-state index contributed by atoms with van der Waals surface area (Å²) in [6.45, 7) is 1.60. The third-order valence-corrected chi connectivity index (χ3v) is 2.11. The van der Waals surface area contributed by atoms with Gasteiger partial charge < -0.3 is 9.88 Å². The fraction of sp³-hybridized carbons (Fsp3) is 0.556. The summed E-state index contributed by atoms with van der Waals surface area (Å²) in [6.07, 6.45) is 7.82. The molecule has 15 heavy (non-hydrogen) atoms. The lowest BCUT2D eigenvalue weighted by molar-refractivity contribution is -0.118. The zero-order chi connectivity index (χ0) is 11.5. The molecule has 0 spiro atoms. The Balaban J connectivity index is 0.000000921. The van der Waals surface area contributed by atoms with Crippen LogP contribution in [0, 0.1) is 0 Å². The molecule has 0 atom stereocenters. The van der Waals surface area contributed by atoms with E-state index in [1.54, 1.807) is 12.5 Å². The number of imidazole rings is 1. The van der Waals surface area contributed by atoms with Crippen molar-refractivity contribution < 1.29 is 4.79 Å². The van der Waals surface area contributed by atoms with Crippen molar-refractivity contribution in [2.24, 2.45) is 0 Å². The van der Waals surface area contributed by atoms with Gasteiger partial charge in [0.15, 0.2) is 0 Å². The van der Waals surface area contributed by atoms with Gasteiger partial charge in [0, 0.05) is 31.9 Å². The molecule has 86 valence electrons. The molecule has 6 heteroatoms. The summed E-state index contributed by atoms with van der Waals surface area (Å²) < 4.78 is 1.99. The minimum absolute atomic E-state index is 0.0330. The first-order chi connectivity index (χ1) is 7.33. The van der Waals surface area contributed by atoms with Crippen molar-refractivity contribution >= 4 is 33.4 Å². The molecule has 0 unspecified atom stereocenters. The molecule has 1 rings (SSSR count). The van der Waals surface area contributed by atoms with Crippen molar-refractivity contribution in [3.05, 3.63) is 18.7 Å². The summed E-state index contributed by atoms with van der Waals surface area (Å²) in [5, 5.41) is 3.15. The number of nitrogens with zero attached hydrogens (tertiary/aromatic N) is 2. The number of carbonyl (C=O) groups excluding carboxylic acids is 1. The van der Waals surface area contributed by atoms with Crippen LogP contribution in [-0.2, 0) is 11.3 Å². The lowest BCUT2D eigenvalue weighted by Crippen LogP contribution is -2.25. The monoisotopic (exact) mass is 295 g/mol. The molecule has 0 aromatic carbocycles. The molecule has 1 aromatic rings. The Kier molecular flexibility index (Phi) is 9.62. The van der Waals surface area contributed by atoms with Gasteiger partial charge in [-0.05, 0) is 6.42 Å². The molecule has 4 nitrogen and oxygen atoms in total. The highest BCUT2D eigenvalue weighted by Crippen LogP contribution is 1.89. The summed E-state index contributed by atoms with van der Waals surface area (Å²) in [7, 11) is 0. The summed E-state index contributed by atoms with van der Waals surface area (Å²) in [5.41, 5.74) is 0. The first-order valence-electron chi connectivity index (χ1n) is 4.49. The van der Waals surface area contributed by atoms with E-state index in [1.165, 1.54) is 6.38 Å². The Morgan fingerprint density at radius 2 is 2.33 bits per heavy atom. The standard InChI is InChI=1S/C8H12BrN3O.CH3Cl/c9-6-8(13)11-2-1-4-12-5-3-10-7-12;1-2/h3,5,7H,1-2,4,6H2,(H,11,13);1H3. The predicted octanol–water partition coefficient (Wildman–Crippen LogP) is 1.64. The summed E-state index contributed by atoms with van der Waals surface area (Å²) >= 11 is 7.72. The highest BCUT2D eigenvalue weighted by Gasteiger charge is 1.95. The molecule has 0 saturated carbocycles. The van der Waals surface area contributed by atoms with Gasteiger partial charge in [0.1, 0.15) is 0 Å². The minimum Gasteiger partial charge on any atom is -0.355 e. The van der Waals surface area contributed by atoms with E-state index in [1.807, 2.05) is 10.8 Å². The van der Waals surface area contributed by atoms with E-state index in [2.05, 4.69) is 37.8 Å². The number of nitrogens with one attached hydrogen (secondary N) is 1. The lowest BCUT2D eigenvalue weighted by Gasteiger charge is -2.03. The highest BCUT2D eigenvalue weighted by molar-refractivity contribution is 9.09. The van der Waals surface area contributed by atoms with Gasteiger partial charge in [0.25, 0.3) is 0 Å². The van der Waals surface area contributed by atoms with E-state index in [0.29, 0.717) is 11.9 Å². The van der Waals surface area contributed by atoms with E-state index < -0.39 is 0 Å². The second-order valence-electron chi connectivity index (χ2n) is 2.64. The normalized spacial score (nSPS) is 9.00. The van der Waals surface area contributed by atoms with Gasteiger partial charge in [0.2, 0.25) is 5.91 Å². The van der Waals surface area contributed by atoms with Gasteiger partial charge in [-0.15, -0.1) is 11.6 Å². The summed E-state index contributed by atoms with van der Waals surface area (Å²) in [6, 6.07) is 0. The summed E-state index contributed by atoms with van der Waals surface area (Å²) in [4.78, 5) is 14.7. The number of halogens is 2. The molecule has 0 saturated heterocycles. The Bertz CT molecular complexity index is 254. The van der Waals surface area contributed by atoms with Crippen molar-refractivity contribution in [1.29, 1.82) is 0 Å². The van der Waals surface area contributed by atoms with Gasteiger partial charge in [0.05, 0.1) is 11.7 Å². The fourth-order valence-corrected chi connectivity index (χ4v) is 1.15. The number of aryl methyl sites for hydroxylation is 1. The molecular formula is C9H15BrClN3O. The molecule has 0 aliphatic carbocycles. The Morgan fingerprint density at radius 3 is 2.87 bits per heavy atom. The molecule has 0 aliphatic heterocycles. The molecule has 1 aromatic heterocycles. The fourth-order valence-electron chi connectivity index (χ4n) is 0.956. The van der Waals surface area contributed by atoms with Crippen molar-refractivity contribution in [3.63, 3.8) is 0 Å². The summed E-state index contributed by atoms with van der Waals surface area (Å²) in [5.74, 6) is 0.0330. The van der Waals surface area contributed by atoms with Crippen LogP contribution in [0.15, 0.2) is 18.7 Å². The molecule has 0 radical (unpaired) electrons. The first kappa shape index (κ1) is 14.5. The second-order valence-corrected chi connectivity index (χ2v) is 3.20. The number of aromatic nitrogens is 2. The van der Waals surface area contributed by atoms with E-state index >= 15 is 0 Å². The number of carbonyl (C=O) groups is 1. The van der Waals surface area contributed by atoms with Crippen LogP contribution in [0.5, 0.6) is 0 Å². The smallest absolute Gasteiger partial charge is 0.230 e. The van der Waals surface area contributed by atoms with Crippen LogP contribution in [-0.4, -0.2) is 33.7 Å². The van der Waals surface area contributed by atoms with Crippen molar-refractivity contribution in [2.45, 2.75) is 13.0 Å². The zero-order valence-corrected chi connectivity index (χ0v) is 11.0. The van der Waals surface area contributed by atoms with Crippen molar-refractivity contribution in [1.82, 2.24) is 14.9 Å². The van der Waals surface area contributed by atoms with E-state index in [4.69, 9.17) is 0 Å². The van der Waals surface area contributed by atoms with E-state index in [9.17, 15) is 4.79 Å². The van der Waals surface area contributed by atoms with Gasteiger partial charge in [-0.2, -0.15) is 0 Å². The van der Waals surface area contributed by atoms with Crippen LogP contribution in [0.4, 0.5) is 0 Å². The maximum atomic E-state index is 10.8. The van der Waals surface area contributed by atoms with Crippen LogP contribution in [0.25, 0.3) is 0 Å². The SMILES string of the molecule is CCl.O=C(CBr)NCCCn1ccnc1. The lowest BCUT2D eigenvalue weighted by atomic mass is 10.4. The van der Waals surface area contributed by atoms with Gasteiger partial charge in [-0.3, -0.25) is 4.79 Å². The van der Waals surface area contributed by atoms with E-state index in [-0.39, 0.29) is 5.91 Å². The number of alkyl halides is 2. The Hall–Kier alpha value is -0.550. The van der Waals surface area contributed by atoms with Crippen molar-refractivity contribution in [3.8, 4) is 0 Å². The minimum atomic E-state index is 0.0330. The highest BCUT2D eigenvalue weighted by atomic mass is 79.9. The van der Waals surface area contributed by atoms with Crippen molar-refractivity contribution in [2.75, 3.05) is 18.3 Å². The zero-order valence-electron chi connectivity index (χ0n) is 8.62. The largest absolute Gasteiger partial charge is 0.355 e. The maximum Gasteiger partial charge on any atom is 0.230 e. The van der Waals surface area contributed by atoms with Crippen LogP contribution in [0.3, 0.4) is 0 Å². The second kappa shape index (κ2) is 9.98. The van der Waals surface area contributed by atoms with E-state index in [0.717, 1.165) is 13.0 Å². The van der Waals surface area contributed by atoms with Gasteiger partial charge in [-0.1, -0.05) is 15.9 Å². The third kappa shape index (κ3) is 7.39. The number of rotatable bonds is 5. The maximum absolute atomic E-state index is 10.8. The predicted molar refractivity (Wildman–Crippen MR) is 65.4 cm³/mol. The number of hydrogen-bond donors (Lipinski definition) is 1. The quantitative estimate of drug-likeness (QED) is 0.663. The topological polar surface area (TPSA) is 46.9 Å². The molecule has 1 amide bonds. The van der Waals surface area contributed by atoms with Crippen LogP contribution >= 0.6 is 27.5 Å². The molecule has 1 heterocycles. The molecular weight excluding hydrogens is 281 g/mol. The number of hydrogen-bond acceptors (Lipinski definition) is 2. The van der Waals surface area contributed by atoms with Crippen LogP contribution < -0.4 is 5.32 Å². The van der Waals surface area contributed by atoms with Crippen LogP contribution in [0.1, 0.15) is 6.42 Å². The Morgan fingerprint density at radius 1 is 1.60 bits per heavy atom. The molecule has 0 aliphatic rings. The molecule has 1 N–H and O–H groups in total. The average Bonchev–Trinajstić information content (AvgIpc) is 2.79.